The highest BCUT2D eigenvalue weighted by Crippen LogP contribution is 2.30. The van der Waals surface area contributed by atoms with Gasteiger partial charge in [-0.1, -0.05) is 36.4 Å². The van der Waals surface area contributed by atoms with Gasteiger partial charge >= 0.3 is 5.69 Å². The molecular weight excluding hydrogens is 270 g/mol. The van der Waals surface area contributed by atoms with Gasteiger partial charge < -0.3 is 10.5 Å². The molecule has 3 N–H and O–H groups in total. The lowest BCUT2D eigenvalue weighted by atomic mass is 10.1. The van der Waals surface area contributed by atoms with Crippen LogP contribution in [0.4, 0.5) is 5.69 Å². The first kappa shape index (κ1) is 14.5. The Balaban J connectivity index is 2.28. The molecule has 0 spiro atoms. The normalized spacial score (nSPS) is 10.1. The molecule has 2 aromatic rings. The average molecular weight is 285 g/mol. The van der Waals surface area contributed by atoms with E-state index in [1.54, 1.807) is 49.4 Å². The number of amidine groups is 1. The van der Waals surface area contributed by atoms with Gasteiger partial charge in [0.15, 0.2) is 5.75 Å². The second-order valence-corrected chi connectivity index (χ2v) is 4.54. The lowest BCUT2D eigenvalue weighted by molar-refractivity contribution is -0.386. The van der Waals surface area contributed by atoms with Crippen molar-refractivity contribution in [1.29, 1.82) is 5.41 Å². The van der Waals surface area contributed by atoms with E-state index in [1.165, 1.54) is 0 Å². The molecule has 0 saturated carbocycles. The molecule has 0 fully saturated rings. The zero-order valence-electron chi connectivity index (χ0n) is 11.5. The number of aryl methyl sites for hydroxylation is 1. The maximum atomic E-state index is 11.1. The van der Waals surface area contributed by atoms with Crippen LogP contribution in [0.3, 0.4) is 0 Å². The Morgan fingerprint density at radius 2 is 2.00 bits per heavy atom. The van der Waals surface area contributed by atoms with Crippen molar-refractivity contribution in [2.45, 2.75) is 13.5 Å². The summed E-state index contributed by atoms with van der Waals surface area (Å²) in [6.07, 6.45) is 0. The summed E-state index contributed by atoms with van der Waals surface area (Å²) in [6.45, 7) is 1.77. The summed E-state index contributed by atoms with van der Waals surface area (Å²) >= 11 is 0. The van der Waals surface area contributed by atoms with Crippen molar-refractivity contribution < 1.29 is 9.66 Å². The highest BCUT2D eigenvalue weighted by atomic mass is 16.6. The van der Waals surface area contributed by atoms with Gasteiger partial charge in [0.25, 0.3) is 0 Å². The molecule has 0 aliphatic rings. The van der Waals surface area contributed by atoms with Crippen LogP contribution < -0.4 is 10.5 Å². The molecule has 0 radical (unpaired) electrons. The monoisotopic (exact) mass is 285 g/mol. The number of hydrogen-bond acceptors (Lipinski definition) is 4. The predicted molar refractivity (Wildman–Crippen MR) is 79.6 cm³/mol. The lowest BCUT2D eigenvalue weighted by Crippen LogP contribution is -2.14. The molecule has 0 bridgehead atoms. The summed E-state index contributed by atoms with van der Waals surface area (Å²) in [5.41, 5.74) is 7.27. The topological polar surface area (TPSA) is 102 Å². The van der Waals surface area contributed by atoms with E-state index in [-0.39, 0.29) is 23.9 Å². The number of nitrogen functional groups attached to an aromatic ring is 1. The van der Waals surface area contributed by atoms with Gasteiger partial charge in [-0.15, -0.1) is 0 Å². The number of nitrogens with one attached hydrogen (secondary N) is 1. The minimum atomic E-state index is -0.457. The Kier molecular flexibility index (Phi) is 4.18. The van der Waals surface area contributed by atoms with E-state index < -0.39 is 4.92 Å². The fraction of sp³-hybridized carbons (Fsp3) is 0.133. The van der Waals surface area contributed by atoms with Crippen LogP contribution in [0.5, 0.6) is 5.75 Å². The van der Waals surface area contributed by atoms with Crippen LogP contribution >= 0.6 is 0 Å². The molecule has 0 aliphatic carbocycles. The third-order valence-corrected chi connectivity index (χ3v) is 3.07. The molecule has 6 heteroatoms. The van der Waals surface area contributed by atoms with Crippen LogP contribution in [0, 0.1) is 22.4 Å². The Hall–Kier alpha value is -2.89. The van der Waals surface area contributed by atoms with E-state index in [0.29, 0.717) is 16.7 Å². The third-order valence-electron chi connectivity index (χ3n) is 3.07. The van der Waals surface area contributed by atoms with E-state index in [2.05, 4.69) is 0 Å². The van der Waals surface area contributed by atoms with E-state index in [9.17, 15) is 10.1 Å². The van der Waals surface area contributed by atoms with Crippen molar-refractivity contribution in [2.24, 2.45) is 5.73 Å². The predicted octanol–water partition coefficient (Wildman–Crippen LogP) is 2.77. The van der Waals surface area contributed by atoms with Crippen LogP contribution in [0.1, 0.15) is 16.7 Å². The molecular formula is C15H15N3O3. The molecule has 0 amide bonds. The van der Waals surface area contributed by atoms with Crippen molar-refractivity contribution in [3.63, 3.8) is 0 Å². The Labute approximate surface area is 121 Å². The molecule has 0 atom stereocenters. The van der Waals surface area contributed by atoms with Crippen molar-refractivity contribution >= 4 is 11.5 Å². The average Bonchev–Trinajstić information content (AvgIpc) is 2.44. The fourth-order valence-electron chi connectivity index (χ4n) is 2.05. The first-order valence-electron chi connectivity index (χ1n) is 6.30. The molecule has 21 heavy (non-hydrogen) atoms. The van der Waals surface area contributed by atoms with Crippen molar-refractivity contribution in [1.82, 2.24) is 0 Å². The quantitative estimate of drug-likeness (QED) is 0.381. The Bertz CT molecular complexity index is 698. The van der Waals surface area contributed by atoms with Gasteiger partial charge in [-0.3, -0.25) is 15.5 Å². The summed E-state index contributed by atoms with van der Waals surface area (Å²) < 4.78 is 5.56. The summed E-state index contributed by atoms with van der Waals surface area (Å²) in [5, 5.41) is 18.6. The van der Waals surface area contributed by atoms with Gasteiger partial charge in [0.05, 0.1) is 4.92 Å². The third kappa shape index (κ3) is 3.17. The molecule has 108 valence electrons. The van der Waals surface area contributed by atoms with Crippen LogP contribution in [0.15, 0.2) is 42.5 Å². The molecule has 0 saturated heterocycles. The summed E-state index contributed by atoms with van der Waals surface area (Å²) in [7, 11) is 0. The number of benzene rings is 2. The van der Waals surface area contributed by atoms with Gasteiger partial charge in [-0.2, -0.15) is 0 Å². The second-order valence-electron chi connectivity index (χ2n) is 4.54. The minimum Gasteiger partial charge on any atom is -0.482 e. The number of ether oxygens (including phenoxy) is 1. The molecule has 2 aromatic carbocycles. The SMILES string of the molecule is Cc1cccc(OCc2ccccc2C(=N)N)c1[N+](=O)[O-]. The molecule has 0 heterocycles. The highest BCUT2D eigenvalue weighted by molar-refractivity contribution is 5.96. The number of rotatable bonds is 5. The van der Waals surface area contributed by atoms with E-state index in [0.717, 1.165) is 0 Å². The molecule has 0 aromatic heterocycles. The van der Waals surface area contributed by atoms with Crippen molar-refractivity contribution in [3.05, 3.63) is 69.3 Å². The molecule has 0 unspecified atom stereocenters. The number of hydrogen-bond donors (Lipinski definition) is 2. The van der Waals surface area contributed by atoms with Crippen LogP contribution in [-0.2, 0) is 6.61 Å². The summed E-state index contributed by atoms with van der Waals surface area (Å²) in [6, 6.07) is 12.0. The summed E-state index contributed by atoms with van der Waals surface area (Å²) in [4.78, 5) is 10.6. The largest absolute Gasteiger partial charge is 0.482 e. The van der Waals surface area contributed by atoms with Crippen LogP contribution in [0.25, 0.3) is 0 Å². The maximum Gasteiger partial charge on any atom is 0.313 e. The first-order valence-corrected chi connectivity index (χ1v) is 6.30. The van der Waals surface area contributed by atoms with E-state index in [4.69, 9.17) is 15.9 Å². The van der Waals surface area contributed by atoms with Gasteiger partial charge in [-0.05, 0) is 13.0 Å². The standard InChI is InChI=1S/C15H15N3O3/c1-10-5-4-8-13(14(10)18(19)20)21-9-11-6-2-3-7-12(11)15(16)17/h2-8H,9H2,1H3,(H3,16,17). The number of nitro groups is 1. The molecule has 0 aliphatic heterocycles. The first-order chi connectivity index (χ1) is 10.0. The fourth-order valence-corrected chi connectivity index (χ4v) is 2.05. The number of nitrogens with zero attached hydrogens (tertiary/aromatic N) is 1. The highest BCUT2D eigenvalue weighted by Gasteiger charge is 2.18. The molecule has 6 nitrogen and oxygen atoms in total. The Morgan fingerprint density at radius 3 is 2.67 bits per heavy atom. The minimum absolute atomic E-state index is 0.0437. The van der Waals surface area contributed by atoms with Gasteiger partial charge in [0.2, 0.25) is 0 Å². The van der Waals surface area contributed by atoms with Crippen LogP contribution in [0.2, 0.25) is 0 Å². The zero-order chi connectivity index (χ0) is 15.4. The number of para-hydroxylation sites is 1. The maximum absolute atomic E-state index is 11.1. The summed E-state index contributed by atoms with van der Waals surface area (Å²) in [5.74, 6) is 0.145. The van der Waals surface area contributed by atoms with E-state index in [1.807, 2.05) is 0 Å². The molecule has 2 rings (SSSR count). The number of nitrogens with two attached hydrogens (primary N) is 1. The second kappa shape index (κ2) is 6.04. The van der Waals surface area contributed by atoms with Gasteiger partial charge in [0, 0.05) is 16.7 Å². The van der Waals surface area contributed by atoms with Crippen LogP contribution in [-0.4, -0.2) is 10.8 Å². The van der Waals surface area contributed by atoms with Gasteiger partial charge in [-0.25, -0.2) is 0 Å². The lowest BCUT2D eigenvalue weighted by Gasteiger charge is -2.11. The smallest absolute Gasteiger partial charge is 0.313 e. The van der Waals surface area contributed by atoms with Crippen molar-refractivity contribution in [2.75, 3.05) is 0 Å². The van der Waals surface area contributed by atoms with Crippen molar-refractivity contribution in [3.8, 4) is 5.75 Å². The number of nitro benzene ring substituents is 1. The van der Waals surface area contributed by atoms with Gasteiger partial charge in [0.1, 0.15) is 12.4 Å². The Morgan fingerprint density at radius 1 is 1.29 bits per heavy atom. The van der Waals surface area contributed by atoms with E-state index >= 15 is 0 Å². The zero-order valence-corrected chi connectivity index (χ0v) is 11.5.